The fraction of sp³-hybridized carbons (Fsp3) is 0.588. The van der Waals surface area contributed by atoms with Gasteiger partial charge in [-0.15, -0.1) is 0 Å². The lowest BCUT2D eigenvalue weighted by Crippen LogP contribution is -2.38. The van der Waals surface area contributed by atoms with Gasteiger partial charge in [0.25, 0.3) is 5.91 Å². The number of carbonyl (C=O) groups is 1. The molecule has 23 heavy (non-hydrogen) atoms. The molecule has 0 bridgehead atoms. The number of sulfonamides is 1. The highest BCUT2D eigenvalue weighted by molar-refractivity contribution is 7.92. The fourth-order valence-corrected chi connectivity index (χ4v) is 5.20. The minimum atomic E-state index is -3.25. The van der Waals surface area contributed by atoms with Crippen molar-refractivity contribution in [2.75, 3.05) is 23.1 Å². The number of anilines is 1. The first-order chi connectivity index (χ1) is 11.0. The van der Waals surface area contributed by atoms with Crippen molar-refractivity contribution in [3.8, 4) is 0 Å². The summed E-state index contributed by atoms with van der Waals surface area (Å²) in [6, 6.07) is 7.39. The van der Waals surface area contributed by atoms with E-state index in [1.54, 1.807) is 24.3 Å². The highest BCUT2D eigenvalue weighted by Crippen LogP contribution is 2.27. The van der Waals surface area contributed by atoms with Crippen molar-refractivity contribution in [2.45, 2.75) is 45.1 Å². The Morgan fingerprint density at radius 1 is 1.22 bits per heavy atom. The molecule has 2 saturated heterocycles. The van der Waals surface area contributed by atoms with Gasteiger partial charge in [0.05, 0.1) is 11.4 Å². The Hall–Kier alpha value is -1.56. The van der Waals surface area contributed by atoms with Crippen LogP contribution in [0.25, 0.3) is 0 Å². The van der Waals surface area contributed by atoms with E-state index in [0.717, 1.165) is 32.2 Å². The Balaban J connectivity index is 1.86. The molecule has 1 aromatic carbocycles. The lowest BCUT2D eigenvalue weighted by Gasteiger charge is -2.29. The van der Waals surface area contributed by atoms with Crippen molar-refractivity contribution < 1.29 is 13.2 Å². The van der Waals surface area contributed by atoms with Crippen LogP contribution in [0.15, 0.2) is 24.3 Å². The van der Waals surface area contributed by atoms with Crippen LogP contribution < -0.4 is 4.31 Å². The molecule has 126 valence electrons. The van der Waals surface area contributed by atoms with Crippen molar-refractivity contribution in [3.63, 3.8) is 0 Å². The maximum Gasteiger partial charge on any atom is 0.254 e. The molecule has 0 saturated carbocycles. The first-order valence-electron chi connectivity index (χ1n) is 8.44. The number of carbonyl (C=O) groups excluding carboxylic acids is 1. The van der Waals surface area contributed by atoms with Crippen molar-refractivity contribution in [2.24, 2.45) is 0 Å². The van der Waals surface area contributed by atoms with Gasteiger partial charge in [0.15, 0.2) is 0 Å². The van der Waals surface area contributed by atoms with Crippen LogP contribution in [0.3, 0.4) is 0 Å². The van der Waals surface area contributed by atoms with Crippen LogP contribution in [-0.4, -0.2) is 44.1 Å². The molecule has 2 aliphatic rings. The zero-order valence-corrected chi connectivity index (χ0v) is 14.4. The second kappa shape index (κ2) is 6.51. The van der Waals surface area contributed by atoms with E-state index in [1.165, 1.54) is 4.31 Å². The van der Waals surface area contributed by atoms with Gasteiger partial charge in [0.2, 0.25) is 10.0 Å². The molecule has 2 heterocycles. The fourth-order valence-electron chi connectivity index (χ4n) is 3.57. The van der Waals surface area contributed by atoms with Crippen molar-refractivity contribution in [1.29, 1.82) is 0 Å². The summed E-state index contributed by atoms with van der Waals surface area (Å²) in [6.07, 6.45) is 4.64. The molecule has 5 nitrogen and oxygen atoms in total. The molecule has 1 atom stereocenters. The van der Waals surface area contributed by atoms with Crippen LogP contribution in [0.4, 0.5) is 5.69 Å². The molecule has 0 aliphatic carbocycles. The third-order valence-electron chi connectivity index (χ3n) is 4.84. The van der Waals surface area contributed by atoms with Gasteiger partial charge in [-0.25, -0.2) is 8.42 Å². The summed E-state index contributed by atoms with van der Waals surface area (Å²) in [4.78, 5) is 14.7. The zero-order chi connectivity index (χ0) is 16.4. The molecule has 0 spiro atoms. The van der Waals surface area contributed by atoms with E-state index in [9.17, 15) is 13.2 Å². The van der Waals surface area contributed by atoms with Crippen LogP contribution >= 0.6 is 0 Å². The van der Waals surface area contributed by atoms with Gasteiger partial charge >= 0.3 is 0 Å². The van der Waals surface area contributed by atoms with Gasteiger partial charge in [0.1, 0.15) is 0 Å². The molecule has 0 aromatic heterocycles. The van der Waals surface area contributed by atoms with E-state index < -0.39 is 10.0 Å². The molecule has 0 radical (unpaired) electrons. The zero-order valence-electron chi connectivity index (χ0n) is 13.6. The normalized spacial score (nSPS) is 24.0. The highest BCUT2D eigenvalue weighted by atomic mass is 32.2. The van der Waals surface area contributed by atoms with Crippen molar-refractivity contribution in [3.05, 3.63) is 29.8 Å². The molecule has 1 amide bonds. The summed E-state index contributed by atoms with van der Waals surface area (Å²) in [5.41, 5.74) is 1.20. The quantitative estimate of drug-likeness (QED) is 0.852. The summed E-state index contributed by atoms with van der Waals surface area (Å²) in [7, 11) is -3.25. The molecule has 3 rings (SSSR count). The minimum Gasteiger partial charge on any atom is -0.336 e. The summed E-state index contributed by atoms with van der Waals surface area (Å²) >= 11 is 0. The van der Waals surface area contributed by atoms with E-state index in [0.29, 0.717) is 30.3 Å². The molecule has 2 aliphatic heterocycles. The molecule has 1 unspecified atom stereocenters. The number of hydrogen-bond donors (Lipinski definition) is 0. The number of nitrogens with zero attached hydrogens (tertiary/aromatic N) is 2. The second-order valence-electron chi connectivity index (χ2n) is 6.35. The Kier molecular flexibility index (Phi) is 4.62. The van der Waals surface area contributed by atoms with Gasteiger partial charge < -0.3 is 4.90 Å². The van der Waals surface area contributed by atoms with Gasteiger partial charge in [-0.2, -0.15) is 0 Å². The van der Waals surface area contributed by atoms with E-state index in [4.69, 9.17) is 0 Å². The molecular weight excluding hydrogens is 312 g/mol. The van der Waals surface area contributed by atoms with Gasteiger partial charge in [-0.1, -0.05) is 13.0 Å². The van der Waals surface area contributed by atoms with E-state index in [2.05, 4.69) is 6.92 Å². The third-order valence-corrected chi connectivity index (χ3v) is 6.71. The SMILES string of the molecule is CCC1CCCN1C(=O)c1cccc(N2CCCCS2(=O)=O)c1. The Labute approximate surface area is 138 Å². The number of benzene rings is 1. The first kappa shape index (κ1) is 16.3. The highest BCUT2D eigenvalue weighted by Gasteiger charge is 2.30. The maximum atomic E-state index is 12.8. The van der Waals surface area contributed by atoms with Gasteiger partial charge in [-0.05, 0) is 50.3 Å². The average molecular weight is 336 g/mol. The largest absolute Gasteiger partial charge is 0.336 e. The summed E-state index contributed by atoms with van der Waals surface area (Å²) in [5.74, 6) is 0.209. The van der Waals surface area contributed by atoms with E-state index >= 15 is 0 Å². The van der Waals surface area contributed by atoms with Crippen LogP contribution in [-0.2, 0) is 10.0 Å². The van der Waals surface area contributed by atoms with Crippen LogP contribution in [0.1, 0.15) is 49.4 Å². The predicted octanol–water partition coefficient (Wildman–Crippen LogP) is 2.63. The van der Waals surface area contributed by atoms with Gasteiger partial charge in [-0.3, -0.25) is 9.10 Å². The van der Waals surface area contributed by atoms with Crippen LogP contribution in [0, 0.1) is 0 Å². The number of likely N-dealkylation sites (tertiary alicyclic amines) is 1. The van der Waals surface area contributed by atoms with Crippen LogP contribution in [0.5, 0.6) is 0 Å². The summed E-state index contributed by atoms with van der Waals surface area (Å²) < 4.78 is 26.0. The van der Waals surface area contributed by atoms with E-state index in [1.807, 2.05) is 4.90 Å². The average Bonchev–Trinajstić information content (AvgIpc) is 3.02. The molecule has 2 fully saturated rings. The lowest BCUT2D eigenvalue weighted by molar-refractivity contribution is 0.0733. The Morgan fingerprint density at radius 3 is 2.78 bits per heavy atom. The molecule has 0 N–H and O–H groups in total. The predicted molar refractivity (Wildman–Crippen MR) is 91.2 cm³/mol. The third kappa shape index (κ3) is 3.22. The smallest absolute Gasteiger partial charge is 0.254 e. The lowest BCUT2D eigenvalue weighted by atomic mass is 10.1. The van der Waals surface area contributed by atoms with Crippen molar-refractivity contribution in [1.82, 2.24) is 4.90 Å². The molecule has 1 aromatic rings. The Bertz CT molecular complexity index is 687. The number of hydrogen-bond acceptors (Lipinski definition) is 3. The number of amides is 1. The Morgan fingerprint density at radius 2 is 2.04 bits per heavy atom. The topological polar surface area (TPSA) is 57.7 Å². The number of rotatable bonds is 3. The van der Waals surface area contributed by atoms with Crippen LogP contribution in [0.2, 0.25) is 0 Å². The first-order valence-corrected chi connectivity index (χ1v) is 10.1. The van der Waals surface area contributed by atoms with Crippen molar-refractivity contribution >= 4 is 21.6 Å². The second-order valence-corrected chi connectivity index (χ2v) is 8.36. The molecular formula is C17H24N2O3S. The van der Waals surface area contributed by atoms with Gasteiger partial charge in [0, 0.05) is 24.7 Å². The monoisotopic (exact) mass is 336 g/mol. The molecule has 6 heteroatoms. The maximum absolute atomic E-state index is 12.8. The summed E-state index contributed by atoms with van der Waals surface area (Å²) in [5, 5.41) is 0. The van der Waals surface area contributed by atoms with E-state index in [-0.39, 0.29) is 11.7 Å². The minimum absolute atomic E-state index is 0.0191. The summed E-state index contributed by atoms with van der Waals surface area (Å²) in [6.45, 7) is 3.40. The standard InChI is InChI=1S/C17H24N2O3S/c1-2-15-9-6-10-18(15)17(20)14-7-5-8-16(13-14)19-11-3-4-12-23(19,21)22/h5,7-8,13,15H,2-4,6,9-12H2,1H3.